The Kier molecular flexibility index (Phi) is 5.67. The Morgan fingerprint density at radius 3 is 2.62 bits per heavy atom. The molecule has 1 heterocycles. The number of benzene rings is 2. The third kappa shape index (κ3) is 4.28. The maximum absolute atomic E-state index is 12.1. The number of amides is 1. The molecule has 7 heteroatoms. The van der Waals surface area contributed by atoms with E-state index in [1.54, 1.807) is 48.5 Å². The maximum Gasteiger partial charge on any atom is 0.272 e. The summed E-state index contributed by atoms with van der Waals surface area (Å²) in [5, 5.41) is 5.34. The van der Waals surface area contributed by atoms with Crippen LogP contribution in [0.5, 0.6) is 0 Å². The number of rotatable bonds is 4. The van der Waals surface area contributed by atoms with Crippen molar-refractivity contribution in [1.82, 2.24) is 5.43 Å². The molecule has 132 valence electrons. The molecule has 0 atom stereocenters. The number of nitrogens with one attached hydrogen (secondary N) is 1. The van der Waals surface area contributed by atoms with Crippen LogP contribution in [0.3, 0.4) is 0 Å². The monoisotopic (exact) mass is 406 g/mol. The van der Waals surface area contributed by atoms with Crippen LogP contribution in [0.2, 0.25) is 15.1 Å². The van der Waals surface area contributed by atoms with Gasteiger partial charge in [0.15, 0.2) is 0 Å². The van der Waals surface area contributed by atoms with Crippen molar-refractivity contribution in [2.24, 2.45) is 5.10 Å². The van der Waals surface area contributed by atoms with E-state index < -0.39 is 5.91 Å². The number of hydrogen-bond acceptors (Lipinski definition) is 3. The van der Waals surface area contributed by atoms with E-state index in [0.29, 0.717) is 37.7 Å². The van der Waals surface area contributed by atoms with E-state index in [4.69, 9.17) is 39.2 Å². The highest BCUT2D eigenvalue weighted by molar-refractivity contribution is 6.35. The molecule has 0 aliphatic heterocycles. The lowest BCUT2D eigenvalue weighted by Gasteiger charge is -2.03. The van der Waals surface area contributed by atoms with Gasteiger partial charge in [-0.2, -0.15) is 5.10 Å². The van der Waals surface area contributed by atoms with Gasteiger partial charge in [-0.3, -0.25) is 4.79 Å². The molecule has 0 aliphatic carbocycles. The molecule has 0 radical (unpaired) electrons. The number of carbonyl (C=O) groups is 1. The lowest BCUT2D eigenvalue weighted by molar-refractivity contribution is 0.0955. The molecule has 3 rings (SSSR count). The van der Waals surface area contributed by atoms with E-state index in [-0.39, 0.29) is 0 Å². The molecular weight excluding hydrogens is 395 g/mol. The summed E-state index contributed by atoms with van der Waals surface area (Å²) in [5.41, 5.74) is 4.41. The second-order valence-corrected chi connectivity index (χ2v) is 6.76. The zero-order chi connectivity index (χ0) is 18.7. The van der Waals surface area contributed by atoms with Gasteiger partial charge in [0.05, 0.1) is 21.8 Å². The Labute approximate surface area is 165 Å². The predicted molar refractivity (Wildman–Crippen MR) is 105 cm³/mol. The van der Waals surface area contributed by atoms with Crippen LogP contribution in [0.1, 0.15) is 21.7 Å². The molecule has 0 aliphatic rings. The molecule has 1 aromatic heterocycles. The Balaban J connectivity index is 1.71. The summed E-state index contributed by atoms with van der Waals surface area (Å²) in [6.07, 6.45) is 1.39. The Morgan fingerprint density at radius 2 is 1.85 bits per heavy atom. The topological polar surface area (TPSA) is 54.6 Å². The summed E-state index contributed by atoms with van der Waals surface area (Å²) in [6.45, 7) is 1.90. The summed E-state index contributed by atoms with van der Waals surface area (Å²) in [4.78, 5) is 12.1. The van der Waals surface area contributed by atoms with Crippen LogP contribution in [0.15, 0.2) is 58.0 Å². The van der Waals surface area contributed by atoms with Gasteiger partial charge >= 0.3 is 0 Å². The molecule has 0 bridgehead atoms. The molecule has 0 unspecified atom stereocenters. The van der Waals surface area contributed by atoms with Gasteiger partial charge in [0.2, 0.25) is 0 Å². The van der Waals surface area contributed by atoms with Crippen LogP contribution in [-0.2, 0) is 0 Å². The van der Waals surface area contributed by atoms with Crippen LogP contribution >= 0.6 is 34.8 Å². The summed E-state index contributed by atoms with van der Waals surface area (Å²) in [6, 6.07) is 13.7. The molecule has 0 saturated carbocycles. The first kappa shape index (κ1) is 18.5. The van der Waals surface area contributed by atoms with E-state index >= 15 is 0 Å². The fraction of sp³-hybridized carbons (Fsp3) is 0.0526. The number of furan rings is 1. The summed E-state index contributed by atoms with van der Waals surface area (Å²) < 4.78 is 5.66. The minimum absolute atomic E-state index is 0.347. The van der Waals surface area contributed by atoms with Crippen molar-refractivity contribution in [1.29, 1.82) is 0 Å². The number of nitrogens with zero attached hydrogens (tertiary/aromatic N) is 1. The fourth-order valence-corrected chi connectivity index (χ4v) is 2.98. The molecule has 0 fully saturated rings. The molecule has 2 aromatic carbocycles. The van der Waals surface area contributed by atoms with Gasteiger partial charge in [0, 0.05) is 10.6 Å². The predicted octanol–water partition coefficient (Wildman–Crippen LogP) is 5.98. The van der Waals surface area contributed by atoms with Crippen molar-refractivity contribution >= 4 is 46.9 Å². The van der Waals surface area contributed by atoms with Crippen molar-refractivity contribution in [3.8, 4) is 11.3 Å². The minimum atomic E-state index is -0.407. The molecule has 3 aromatic rings. The highest BCUT2D eigenvalue weighted by Crippen LogP contribution is 2.31. The van der Waals surface area contributed by atoms with E-state index in [1.165, 1.54) is 6.21 Å². The maximum atomic E-state index is 12.1. The van der Waals surface area contributed by atoms with Gasteiger partial charge in [0.25, 0.3) is 5.91 Å². The van der Waals surface area contributed by atoms with E-state index in [0.717, 1.165) is 5.56 Å². The van der Waals surface area contributed by atoms with E-state index in [1.807, 2.05) is 6.92 Å². The van der Waals surface area contributed by atoms with Crippen molar-refractivity contribution in [2.75, 3.05) is 0 Å². The number of hydrogen-bond donors (Lipinski definition) is 1. The average molecular weight is 408 g/mol. The molecule has 26 heavy (non-hydrogen) atoms. The second kappa shape index (κ2) is 7.96. The van der Waals surface area contributed by atoms with E-state index in [9.17, 15) is 4.79 Å². The van der Waals surface area contributed by atoms with Crippen LogP contribution < -0.4 is 5.43 Å². The number of aryl methyl sites for hydroxylation is 1. The number of halogens is 3. The van der Waals surface area contributed by atoms with Crippen molar-refractivity contribution < 1.29 is 9.21 Å². The molecule has 4 nitrogen and oxygen atoms in total. The number of hydrazone groups is 1. The first-order chi connectivity index (χ1) is 12.4. The van der Waals surface area contributed by atoms with Gasteiger partial charge in [-0.1, -0.05) is 40.9 Å². The molecule has 1 N–H and O–H groups in total. The lowest BCUT2D eigenvalue weighted by Crippen LogP contribution is -2.18. The van der Waals surface area contributed by atoms with Crippen LogP contribution in [0.25, 0.3) is 11.3 Å². The number of carbonyl (C=O) groups excluding carboxylic acids is 1. The SMILES string of the molecule is Cc1ccc(C(=O)NN=Cc2ccc(-c3cc(Cl)ccc3Cl)o2)c(Cl)c1. The van der Waals surface area contributed by atoms with Crippen molar-refractivity contribution in [3.63, 3.8) is 0 Å². The Hall–Kier alpha value is -2.27. The normalized spacial score (nSPS) is 11.1. The molecule has 0 spiro atoms. The smallest absolute Gasteiger partial charge is 0.272 e. The molecule has 1 amide bonds. The minimum Gasteiger partial charge on any atom is -0.455 e. The van der Waals surface area contributed by atoms with Gasteiger partial charge in [-0.15, -0.1) is 0 Å². The van der Waals surface area contributed by atoms with Crippen LogP contribution in [0.4, 0.5) is 0 Å². The van der Waals surface area contributed by atoms with Crippen molar-refractivity contribution in [3.05, 3.63) is 80.5 Å². The lowest BCUT2D eigenvalue weighted by atomic mass is 10.1. The third-order valence-corrected chi connectivity index (χ3v) is 4.43. The summed E-state index contributed by atoms with van der Waals surface area (Å²) in [5.74, 6) is 0.592. The first-order valence-electron chi connectivity index (χ1n) is 7.59. The van der Waals surface area contributed by atoms with Gasteiger partial charge in [-0.05, 0) is 55.0 Å². The molecule has 0 saturated heterocycles. The van der Waals surface area contributed by atoms with Gasteiger partial charge in [-0.25, -0.2) is 5.43 Å². The van der Waals surface area contributed by atoms with Crippen molar-refractivity contribution in [2.45, 2.75) is 6.92 Å². The summed E-state index contributed by atoms with van der Waals surface area (Å²) >= 11 is 18.2. The van der Waals surface area contributed by atoms with Crippen LogP contribution in [0, 0.1) is 6.92 Å². The van der Waals surface area contributed by atoms with Crippen LogP contribution in [-0.4, -0.2) is 12.1 Å². The second-order valence-electron chi connectivity index (χ2n) is 5.51. The Morgan fingerprint density at radius 1 is 1.04 bits per heavy atom. The highest BCUT2D eigenvalue weighted by atomic mass is 35.5. The van der Waals surface area contributed by atoms with E-state index in [2.05, 4.69) is 10.5 Å². The fourth-order valence-electron chi connectivity index (χ4n) is 2.27. The standard InChI is InChI=1S/C19H13Cl3N2O2/c1-11-2-5-14(17(22)8-11)19(25)24-23-10-13-4-7-18(26-13)15-9-12(20)3-6-16(15)21/h2-10H,1H3,(H,24,25). The third-order valence-electron chi connectivity index (χ3n) is 3.55. The highest BCUT2D eigenvalue weighted by Gasteiger charge is 2.10. The zero-order valence-electron chi connectivity index (χ0n) is 13.6. The Bertz CT molecular complexity index is 996. The first-order valence-corrected chi connectivity index (χ1v) is 8.72. The quantitative estimate of drug-likeness (QED) is 0.427. The average Bonchev–Trinajstić information content (AvgIpc) is 3.05. The summed E-state index contributed by atoms with van der Waals surface area (Å²) in [7, 11) is 0. The van der Waals surface area contributed by atoms with Gasteiger partial charge in [0.1, 0.15) is 11.5 Å². The molecular formula is C19H13Cl3N2O2. The largest absolute Gasteiger partial charge is 0.455 e. The zero-order valence-corrected chi connectivity index (χ0v) is 15.9. The van der Waals surface area contributed by atoms with Gasteiger partial charge < -0.3 is 4.42 Å².